The van der Waals surface area contributed by atoms with Crippen LogP contribution < -0.4 is 5.43 Å². The summed E-state index contributed by atoms with van der Waals surface area (Å²) in [5.41, 5.74) is 7.08. The lowest BCUT2D eigenvalue weighted by Gasteiger charge is -2.07. The molecule has 138 valence electrons. The maximum absolute atomic E-state index is 13.0. The lowest BCUT2D eigenvalue weighted by atomic mass is 10.0. The molecule has 0 aliphatic rings. The molecule has 4 rings (SSSR count). The van der Waals surface area contributed by atoms with Gasteiger partial charge < -0.3 is 4.57 Å². The smallest absolute Gasteiger partial charge is 0.288 e. The Bertz CT molecular complexity index is 1160. The van der Waals surface area contributed by atoms with Gasteiger partial charge in [-0.15, -0.1) is 0 Å². The number of hydrogen-bond acceptors (Lipinski definition) is 2. The highest BCUT2D eigenvalue weighted by Crippen LogP contribution is 2.34. The molecule has 1 amide bonds. The van der Waals surface area contributed by atoms with Gasteiger partial charge in [-0.1, -0.05) is 76.6 Å². The van der Waals surface area contributed by atoms with Crippen LogP contribution in [0.5, 0.6) is 0 Å². The number of hydrazone groups is 1. The van der Waals surface area contributed by atoms with E-state index in [1.165, 1.54) is 0 Å². The van der Waals surface area contributed by atoms with E-state index in [0.717, 1.165) is 32.1 Å². The van der Waals surface area contributed by atoms with E-state index in [1.807, 2.05) is 90.5 Å². The number of hydrogen-bond donors (Lipinski definition) is 1. The van der Waals surface area contributed by atoms with Crippen LogP contribution in [-0.4, -0.2) is 16.7 Å². The summed E-state index contributed by atoms with van der Waals surface area (Å²) >= 11 is 3.41. The van der Waals surface area contributed by atoms with Crippen molar-refractivity contribution in [2.75, 3.05) is 0 Å². The van der Waals surface area contributed by atoms with Crippen LogP contribution in [-0.2, 0) is 7.05 Å². The molecular weight excluding hydrogens is 414 g/mol. The second-order valence-electron chi connectivity index (χ2n) is 6.42. The minimum absolute atomic E-state index is 0.245. The fraction of sp³-hybridized carbons (Fsp3) is 0.0435. The van der Waals surface area contributed by atoms with Gasteiger partial charge in [0, 0.05) is 28.0 Å². The molecular formula is C23H18BrN3O. The third-order valence-electron chi connectivity index (χ3n) is 4.63. The second kappa shape index (κ2) is 7.82. The van der Waals surface area contributed by atoms with Crippen molar-refractivity contribution >= 4 is 39.0 Å². The molecule has 0 bridgehead atoms. The summed E-state index contributed by atoms with van der Waals surface area (Å²) in [5, 5.41) is 5.18. The highest BCUT2D eigenvalue weighted by atomic mass is 79.9. The van der Waals surface area contributed by atoms with Gasteiger partial charge in [0.05, 0.1) is 6.21 Å². The molecule has 0 saturated carbocycles. The lowest BCUT2D eigenvalue weighted by Crippen LogP contribution is -2.21. The second-order valence-corrected chi connectivity index (χ2v) is 7.33. The fourth-order valence-corrected chi connectivity index (χ4v) is 3.59. The minimum atomic E-state index is -0.245. The first-order valence-electron chi connectivity index (χ1n) is 8.87. The molecule has 0 aliphatic heterocycles. The summed E-state index contributed by atoms with van der Waals surface area (Å²) in [4.78, 5) is 13.0. The summed E-state index contributed by atoms with van der Waals surface area (Å²) in [5.74, 6) is -0.245. The summed E-state index contributed by atoms with van der Waals surface area (Å²) in [6.45, 7) is 0. The Morgan fingerprint density at radius 2 is 1.64 bits per heavy atom. The maximum atomic E-state index is 13.0. The Labute approximate surface area is 171 Å². The van der Waals surface area contributed by atoms with Gasteiger partial charge in [0.1, 0.15) is 5.69 Å². The molecule has 0 spiro atoms. The van der Waals surface area contributed by atoms with Crippen LogP contribution in [0.1, 0.15) is 16.1 Å². The van der Waals surface area contributed by atoms with Crippen LogP contribution in [0.3, 0.4) is 0 Å². The fourth-order valence-electron chi connectivity index (χ4n) is 3.32. The van der Waals surface area contributed by atoms with Crippen molar-refractivity contribution in [2.45, 2.75) is 0 Å². The summed E-state index contributed by atoms with van der Waals surface area (Å²) in [6.07, 6.45) is 1.63. The topological polar surface area (TPSA) is 46.4 Å². The molecule has 1 aromatic heterocycles. The van der Waals surface area contributed by atoms with E-state index < -0.39 is 0 Å². The lowest BCUT2D eigenvalue weighted by molar-refractivity contribution is 0.0948. The van der Waals surface area contributed by atoms with Crippen molar-refractivity contribution < 1.29 is 4.79 Å². The normalized spacial score (nSPS) is 11.2. The minimum Gasteiger partial charge on any atom is -0.339 e. The van der Waals surface area contributed by atoms with Gasteiger partial charge in [-0.2, -0.15) is 5.10 Å². The van der Waals surface area contributed by atoms with E-state index in [9.17, 15) is 4.79 Å². The van der Waals surface area contributed by atoms with E-state index in [1.54, 1.807) is 6.21 Å². The molecule has 5 heteroatoms. The number of para-hydroxylation sites is 1. The molecule has 4 nitrogen and oxygen atoms in total. The maximum Gasteiger partial charge on any atom is 0.288 e. The van der Waals surface area contributed by atoms with Crippen LogP contribution in [0.25, 0.3) is 22.0 Å². The summed E-state index contributed by atoms with van der Waals surface area (Å²) in [6, 6.07) is 25.7. The number of nitrogens with one attached hydrogen (secondary N) is 1. The number of amides is 1. The van der Waals surface area contributed by atoms with Crippen molar-refractivity contribution in [1.82, 2.24) is 9.99 Å². The standard InChI is InChI=1S/C23H18BrN3O/c1-27-20-10-6-5-9-19(20)21(17-7-3-2-4-8-17)22(27)23(28)26-25-15-16-11-13-18(24)14-12-16/h2-15H,1H3,(H,26,28). The van der Waals surface area contributed by atoms with Gasteiger partial charge in [0.25, 0.3) is 5.91 Å². The van der Waals surface area contributed by atoms with E-state index in [2.05, 4.69) is 26.5 Å². The highest BCUT2D eigenvalue weighted by Gasteiger charge is 2.21. The zero-order valence-corrected chi connectivity index (χ0v) is 16.8. The summed E-state index contributed by atoms with van der Waals surface area (Å²) < 4.78 is 2.92. The zero-order chi connectivity index (χ0) is 19.5. The number of carbonyl (C=O) groups is 1. The van der Waals surface area contributed by atoms with Crippen LogP contribution in [0.2, 0.25) is 0 Å². The molecule has 0 unspecified atom stereocenters. The number of aryl methyl sites for hydroxylation is 1. The number of halogens is 1. The van der Waals surface area contributed by atoms with Crippen LogP contribution >= 0.6 is 15.9 Å². The number of carbonyl (C=O) groups excluding carboxylic acids is 1. The zero-order valence-electron chi connectivity index (χ0n) is 15.3. The predicted molar refractivity (Wildman–Crippen MR) is 118 cm³/mol. The van der Waals surface area contributed by atoms with Crippen LogP contribution in [0.15, 0.2) is 88.4 Å². The molecule has 0 atom stereocenters. The van der Waals surface area contributed by atoms with Crippen molar-refractivity contribution in [3.63, 3.8) is 0 Å². The van der Waals surface area contributed by atoms with Crippen molar-refractivity contribution in [2.24, 2.45) is 12.1 Å². The molecule has 0 aliphatic carbocycles. The van der Waals surface area contributed by atoms with Gasteiger partial charge in [-0.25, -0.2) is 5.43 Å². The first-order chi connectivity index (χ1) is 13.6. The molecule has 1 N–H and O–H groups in total. The summed E-state index contributed by atoms with van der Waals surface area (Å²) in [7, 11) is 1.90. The predicted octanol–water partition coefficient (Wildman–Crippen LogP) is 5.37. The van der Waals surface area contributed by atoms with Crippen molar-refractivity contribution in [3.8, 4) is 11.1 Å². The molecule has 4 aromatic rings. The third kappa shape index (κ3) is 3.49. The van der Waals surface area contributed by atoms with Gasteiger partial charge in [0.2, 0.25) is 0 Å². The first kappa shape index (κ1) is 18.2. The van der Waals surface area contributed by atoms with Gasteiger partial charge in [0.15, 0.2) is 0 Å². The highest BCUT2D eigenvalue weighted by molar-refractivity contribution is 9.10. The molecule has 0 radical (unpaired) electrons. The number of nitrogens with zero attached hydrogens (tertiary/aromatic N) is 2. The first-order valence-corrected chi connectivity index (χ1v) is 9.66. The molecule has 0 saturated heterocycles. The Kier molecular flexibility index (Phi) is 5.08. The Morgan fingerprint density at radius 3 is 2.39 bits per heavy atom. The quantitative estimate of drug-likeness (QED) is 0.342. The number of rotatable bonds is 4. The van der Waals surface area contributed by atoms with Gasteiger partial charge in [-0.3, -0.25) is 4.79 Å². The molecule has 3 aromatic carbocycles. The van der Waals surface area contributed by atoms with E-state index in [0.29, 0.717) is 5.69 Å². The number of benzene rings is 3. The average Bonchev–Trinajstić information content (AvgIpc) is 3.03. The van der Waals surface area contributed by atoms with E-state index in [-0.39, 0.29) is 5.91 Å². The average molecular weight is 432 g/mol. The molecule has 1 heterocycles. The SMILES string of the molecule is Cn1c(C(=O)NN=Cc2ccc(Br)cc2)c(-c2ccccc2)c2ccccc21. The number of aromatic nitrogens is 1. The van der Waals surface area contributed by atoms with Crippen LogP contribution in [0, 0.1) is 0 Å². The Hall–Kier alpha value is -3.18. The van der Waals surface area contributed by atoms with Gasteiger partial charge >= 0.3 is 0 Å². The van der Waals surface area contributed by atoms with Crippen molar-refractivity contribution in [1.29, 1.82) is 0 Å². The van der Waals surface area contributed by atoms with Crippen molar-refractivity contribution in [3.05, 3.63) is 94.6 Å². The van der Waals surface area contributed by atoms with Gasteiger partial charge in [-0.05, 0) is 29.3 Å². The van der Waals surface area contributed by atoms with E-state index >= 15 is 0 Å². The van der Waals surface area contributed by atoms with Crippen LogP contribution in [0.4, 0.5) is 0 Å². The monoisotopic (exact) mass is 431 g/mol. The number of fused-ring (bicyclic) bond motifs is 1. The largest absolute Gasteiger partial charge is 0.339 e. The van der Waals surface area contributed by atoms with E-state index in [4.69, 9.17) is 0 Å². The molecule has 28 heavy (non-hydrogen) atoms. The Balaban J connectivity index is 1.72. The molecule has 0 fully saturated rings. The Morgan fingerprint density at radius 1 is 0.964 bits per heavy atom. The third-order valence-corrected chi connectivity index (χ3v) is 5.16.